The van der Waals surface area contributed by atoms with E-state index in [9.17, 15) is 5.48 Å². The van der Waals surface area contributed by atoms with Gasteiger partial charge in [0.25, 0.3) is 0 Å². The quantitative estimate of drug-likeness (QED) is 0.185. The van der Waals surface area contributed by atoms with Crippen LogP contribution < -0.4 is 0 Å². The second-order valence-electron chi connectivity index (χ2n) is 10.1. The Labute approximate surface area is 289 Å². The molecule has 8 aromatic carbocycles. The summed E-state index contributed by atoms with van der Waals surface area (Å²) in [4.78, 5) is 0. The smallest absolute Gasteiger partial charge is 0.136 e. The van der Waals surface area contributed by atoms with E-state index in [0.29, 0.717) is 0 Å². The second-order valence-corrected chi connectivity index (χ2v) is 10.1. The summed E-state index contributed by atoms with van der Waals surface area (Å²) in [6, 6.07) is -1.25. The molecule has 1 aromatic heterocycles. The van der Waals surface area contributed by atoms with Crippen molar-refractivity contribution < 1.29 is 31.8 Å². The van der Waals surface area contributed by atoms with Crippen LogP contribution in [0.1, 0.15) is 27.4 Å². The zero-order valence-electron chi connectivity index (χ0n) is 43.0. The van der Waals surface area contributed by atoms with Gasteiger partial charge in [-0.15, -0.1) is 0 Å². The van der Waals surface area contributed by atoms with Crippen LogP contribution in [-0.2, 0) is 0 Å². The summed E-state index contributed by atoms with van der Waals surface area (Å²) in [5.41, 5.74) is -2.65. The van der Waals surface area contributed by atoms with Crippen molar-refractivity contribution in [3.63, 3.8) is 0 Å². The van der Waals surface area contributed by atoms with Crippen LogP contribution in [0.25, 0.3) is 88.0 Å². The fourth-order valence-electron chi connectivity index (χ4n) is 6.00. The first-order valence-corrected chi connectivity index (χ1v) is 13.8. The zero-order valence-corrected chi connectivity index (χ0v) is 23.0. The van der Waals surface area contributed by atoms with Crippen molar-refractivity contribution in [2.75, 3.05) is 0 Å². The van der Waals surface area contributed by atoms with Crippen LogP contribution >= 0.6 is 0 Å². The Morgan fingerprint density at radius 1 is 0.356 bits per heavy atom. The molecule has 210 valence electrons. The van der Waals surface area contributed by atoms with Gasteiger partial charge in [-0.2, -0.15) is 0 Å². The number of rotatable bonds is 4. The molecular formula is C44H28O. The van der Waals surface area contributed by atoms with E-state index < -0.39 is 138 Å². The molecule has 0 radical (unpaired) electrons. The van der Waals surface area contributed by atoms with E-state index in [1.54, 1.807) is 48.5 Å². The Morgan fingerprint density at radius 3 is 1.51 bits per heavy atom. The molecule has 0 aliphatic carbocycles. The van der Waals surface area contributed by atoms with E-state index in [2.05, 4.69) is 0 Å². The molecule has 0 atom stereocenters. The lowest BCUT2D eigenvalue weighted by atomic mass is 9.81. The number of furan rings is 1. The van der Waals surface area contributed by atoms with Gasteiger partial charge in [-0.05, 0) is 72.6 Å². The van der Waals surface area contributed by atoms with Gasteiger partial charge < -0.3 is 4.42 Å². The molecule has 0 saturated carbocycles. The third-order valence-corrected chi connectivity index (χ3v) is 7.75. The first-order chi connectivity index (χ1) is 30.7. The summed E-state index contributed by atoms with van der Waals surface area (Å²) in [7, 11) is 0. The molecule has 0 saturated heterocycles. The van der Waals surface area contributed by atoms with Gasteiger partial charge in [-0.3, -0.25) is 0 Å². The Morgan fingerprint density at radius 2 is 0.867 bits per heavy atom. The summed E-state index contributed by atoms with van der Waals surface area (Å²) in [6.45, 7) is 0. The van der Waals surface area contributed by atoms with Crippen molar-refractivity contribution >= 4 is 43.5 Å². The first-order valence-electron chi connectivity index (χ1n) is 23.8. The van der Waals surface area contributed by atoms with Gasteiger partial charge in [0.15, 0.2) is 0 Å². The van der Waals surface area contributed by atoms with Gasteiger partial charge in [0.05, 0.1) is 27.4 Å². The van der Waals surface area contributed by atoms with Crippen LogP contribution in [-0.4, -0.2) is 0 Å². The Bertz CT molecular complexity index is 3550. The molecule has 0 N–H and O–H groups in total. The molecule has 9 rings (SSSR count). The van der Waals surface area contributed by atoms with Gasteiger partial charge in [0, 0.05) is 16.3 Å². The van der Waals surface area contributed by atoms with Crippen LogP contribution in [0.2, 0.25) is 0 Å². The van der Waals surface area contributed by atoms with E-state index in [0.717, 1.165) is 0 Å². The monoisotopic (exact) mass is 592 g/mol. The number of benzene rings is 8. The lowest BCUT2D eigenvalue weighted by Crippen LogP contribution is -1.94. The minimum Gasteiger partial charge on any atom is -0.456 e. The fraction of sp³-hybridized carbons (Fsp3) is 0. The highest BCUT2D eigenvalue weighted by atomic mass is 16.3. The molecule has 0 bridgehead atoms. The lowest BCUT2D eigenvalue weighted by molar-refractivity contribution is 0.669. The molecule has 9 aromatic rings. The maximum atomic E-state index is 9.54. The summed E-state index contributed by atoms with van der Waals surface area (Å²) in [5, 5.41) is 0.499. The van der Waals surface area contributed by atoms with Crippen molar-refractivity contribution in [2.24, 2.45) is 0 Å². The molecule has 0 aliphatic heterocycles. The van der Waals surface area contributed by atoms with Gasteiger partial charge >= 0.3 is 0 Å². The predicted octanol–water partition coefficient (Wildman–Crippen LogP) is 12.6. The van der Waals surface area contributed by atoms with Gasteiger partial charge in [0.1, 0.15) is 11.2 Å². The molecule has 0 spiro atoms. The third-order valence-electron chi connectivity index (χ3n) is 7.75. The third kappa shape index (κ3) is 4.02. The van der Waals surface area contributed by atoms with Gasteiger partial charge in [0.2, 0.25) is 0 Å². The Balaban J connectivity index is 1.60. The predicted molar refractivity (Wildman–Crippen MR) is 190 cm³/mol. The minimum atomic E-state index is -0.764. The van der Waals surface area contributed by atoms with E-state index >= 15 is 0 Å². The largest absolute Gasteiger partial charge is 0.456 e. The summed E-state index contributed by atoms with van der Waals surface area (Å²) in [6.07, 6.45) is 0. The molecule has 1 heterocycles. The van der Waals surface area contributed by atoms with E-state index in [-0.39, 0.29) is 71.3 Å². The topological polar surface area (TPSA) is 13.1 Å². The van der Waals surface area contributed by atoms with Gasteiger partial charge in [-0.25, -0.2) is 0 Å². The average Bonchev–Trinajstić information content (AvgIpc) is 3.71. The number of para-hydroxylation sites is 1. The molecule has 0 aliphatic rings. The molecule has 45 heavy (non-hydrogen) atoms. The van der Waals surface area contributed by atoms with Crippen LogP contribution in [0.3, 0.4) is 0 Å². The molecule has 1 heteroatoms. The molecule has 1 nitrogen and oxygen atoms in total. The zero-order chi connectivity index (χ0) is 47.1. The van der Waals surface area contributed by atoms with Crippen LogP contribution in [0, 0.1) is 0 Å². The SMILES string of the molecule is [2H]c1c([2H])c([2H])c(-c2c([2H])c([2H])c([2H])c([2H])c2-c2c3ccccc3c(-c3c(-c4c([2H])c([2H])c([2H])c([2H])c4[2H])c([2H])c([2H])c4oc5c([2H])c([2H])c([2H])c([2H])c5c34)c3ccccc23)c([2H])c1[2H]. The molecule has 0 unspecified atom stereocenters. The van der Waals surface area contributed by atoms with Crippen LogP contribution in [0.5, 0.6) is 0 Å². The highest BCUT2D eigenvalue weighted by molar-refractivity contribution is 6.28. The van der Waals surface area contributed by atoms with Crippen molar-refractivity contribution in [3.05, 3.63) is 169 Å². The van der Waals surface area contributed by atoms with E-state index in [4.69, 9.17) is 26.3 Å². The Hall–Kier alpha value is -5.92. The van der Waals surface area contributed by atoms with Gasteiger partial charge in [-0.1, -0.05) is 157 Å². The van der Waals surface area contributed by atoms with Crippen LogP contribution in [0.4, 0.5) is 0 Å². The summed E-state index contributed by atoms with van der Waals surface area (Å²) < 4.78 is 183. The van der Waals surface area contributed by atoms with E-state index in [1.807, 2.05) is 0 Å². The summed E-state index contributed by atoms with van der Waals surface area (Å²) in [5.74, 6) is 0. The fourth-order valence-corrected chi connectivity index (χ4v) is 6.00. The number of fused-ring (bicyclic) bond motifs is 5. The van der Waals surface area contributed by atoms with Crippen molar-refractivity contribution in [1.82, 2.24) is 0 Å². The Kier molecular flexibility index (Phi) is 2.90. The number of hydrogen-bond donors (Lipinski definition) is 0. The lowest BCUT2D eigenvalue weighted by Gasteiger charge is -2.21. The molecule has 0 fully saturated rings. The summed E-state index contributed by atoms with van der Waals surface area (Å²) >= 11 is 0. The average molecular weight is 593 g/mol. The highest BCUT2D eigenvalue weighted by Crippen LogP contribution is 2.50. The maximum Gasteiger partial charge on any atom is 0.136 e. The van der Waals surface area contributed by atoms with E-state index in [1.165, 1.54) is 0 Å². The molecular weight excluding hydrogens is 544 g/mol. The molecule has 0 amide bonds. The highest BCUT2D eigenvalue weighted by Gasteiger charge is 2.24. The standard InChI is InChI=1S/C44H28O/c1-3-15-29(16-4-1)31-19-7-8-20-33(31)41-34-21-9-11-23-36(34)42(37-24-12-10-22-35(37)41)44-32(30-17-5-2-6-18-30)27-28-40-43(44)38-25-13-14-26-39(38)45-40/h1-28H/i1D,2D,3D,4D,5D,6D,7D,8D,13D,14D,15D,16D,17D,18D,19D,20D,25D,26D,27D,28D. The maximum absolute atomic E-state index is 9.54. The van der Waals surface area contributed by atoms with Crippen molar-refractivity contribution in [2.45, 2.75) is 0 Å². The van der Waals surface area contributed by atoms with Crippen LogP contribution in [0.15, 0.2) is 174 Å². The minimum absolute atomic E-state index is 0.108. The second kappa shape index (κ2) is 10.4. The first kappa shape index (κ1) is 12.6. The number of hydrogen-bond acceptors (Lipinski definition) is 1. The normalized spacial score (nSPS) is 17.8. The van der Waals surface area contributed by atoms with Crippen molar-refractivity contribution in [1.29, 1.82) is 0 Å². The van der Waals surface area contributed by atoms with Crippen molar-refractivity contribution in [3.8, 4) is 44.5 Å².